The van der Waals surface area contributed by atoms with E-state index < -0.39 is 10.0 Å². The molecule has 1 fully saturated rings. The zero-order chi connectivity index (χ0) is 21.9. The summed E-state index contributed by atoms with van der Waals surface area (Å²) in [6.45, 7) is 8.14. The van der Waals surface area contributed by atoms with Crippen molar-refractivity contribution in [3.05, 3.63) is 58.1 Å². The largest absolute Gasteiger partial charge is 0.349 e. The first-order valence-electron chi connectivity index (χ1n) is 10.1. The number of carbonyl (C=O) groups excluding carboxylic acids is 1. The Kier molecular flexibility index (Phi) is 7.21. The van der Waals surface area contributed by atoms with Gasteiger partial charge in [-0.1, -0.05) is 12.1 Å². The van der Waals surface area contributed by atoms with E-state index >= 15 is 0 Å². The highest BCUT2D eigenvalue weighted by Crippen LogP contribution is 2.26. The number of anilines is 1. The van der Waals surface area contributed by atoms with Crippen LogP contribution in [0.15, 0.2) is 51.8 Å². The van der Waals surface area contributed by atoms with Crippen molar-refractivity contribution in [2.24, 2.45) is 0 Å². The van der Waals surface area contributed by atoms with Crippen LogP contribution in [0.5, 0.6) is 0 Å². The number of benzene rings is 2. The molecule has 0 atom stereocenters. The highest BCUT2D eigenvalue weighted by molar-refractivity contribution is 9.10. The number of nitrogens with zero attached hydrogens (tertiary/aromatic N) is 1. The third-order valence-corrected chi connectivity index (χ3v) is 7.42. The normalized spacial score (nSPS) is 15.9. The van der Waals surface area contributed by atoms with Crippen LogP contribution in [0.4, 0.5) is 5.69 Å². The van der Waals surface area contributed by atoms with Crippen LogP contribution in [0.2, 0.25) is 0 Å². The summed E-state index contributed by atoms with van der Waals surface area (Å²) in [5, 5.41) is 3.05. The van der Waals surface area contributed by atoms with Gasteiger partial charge in [-0.15, -0.1) is 0 Å². The highest BCUT2D eigenvalue weighted by atomic mass is 79.9. The van der Waals surface area contributed by atoms with E-state index in [4.69, 9.17) is 0 Å². The molecule has 1 amide bonds. The molecule has 1 saturated heterocycles. The van der Waals surface area contributed by atoms with Gasteiger partial charge in [0.1, 0.15) is 0 Å². The second kappa shape index (κ2) is 9.49. The molecule has 1 aliphatic heterocycles. The summed E-state index contributed by atoms with van der Waals surface area (Å²) in [6, 6.07) is 12.2. The van der Waals surface area contributed by atoms with Gasteiger partial charge in [0, 0.05) is 35.2 Å². The average molecular weight is 494 g/mol. The molecule has 0 bridgehead atoms. The number of rotatable bonds is 6. The van der Waals surface area contributed by atoms with Gasteiger partial charge < -0.3 is 10.2 Å². The molecule has 0 spiro atoms. The Morgan fingerprint density at radius 3 is 2.50 bits per heavy atom. The van der Waals surface area contributed by atoms with E-state index in [1.54, 1.807) is 24.3 Å². The first-order valence-corrected chi connectivity index (χ1v) is 12.4. The SMILES string of the molecule is Cc1ccc(Br)c(NS(=O)(=O)c2cccc(C(=O)NC3CCN(C(C)C)CC3)c2)c1. The molecule has 0 aromatic heterocycles. The van der Waals surface area contributed by atoms with Gasteiger partial charge in [-0.3, -0.25) is 9.52 Å². The number of halogens is 1. The number of piperidine rings is 1. The lowest BCUT2D eigenvalue weighted by Crippen LogP contribution is -2.46. The number of carbonyl (C=O) groups is 1. The zero-order valence-corrected chi connectivity index (χ0v) is 19.9. The van der Waals surface area contributed by atoms with Crippen molar-refractivity contribution in [2.75, 3.05) is 17.8 Å². The molecule has 1 heterocycles. The van der Waals surface area contributed by atoms with Gasteiger partial charge in [-0.2, -0.15) is 0 Å². The molecule has 1 aliphatic rings. The summed E-state index contributed by atoms with van der Waals surface area (Å²) in [5.74, 6) is -0.244. The molecule has 0 unspecified atom stereocenters. The predicted octanol–water partition coefficient (Wildman–Crippen LogP) is 4.16. The molecule has 30 heavy (non-hydrogen) atoms. The average Bonchev–Trinajstić information content (AvgIpc) is 2.71. The van der Waals surface area contributed by atoms with Crippen molar-refractivity contribution in [1.82, 2.24) is 10.2 Å². The Hall–Kier alpha value is -1.90. The van der Waals surface area contributed by atoms with Gasteiger partial charge in [-0.25, -0.2) is 8.42 Å². The standard InChI is InChI=1S/C22H28BrN3O3S/c1-15(2)26-11-9-18(10-12-26)24-22(27)17-5-4-6-19(14-17)30(28,29)25-21-13-16(3)7-8-20(21)23/h4-8,13-15,18,25H,9-12H2,1-3H3,(H,24,27). The van der Waals surface area contributed by atoms with Crippen molar-refractivity contribution in [3.63, 3.8) is 0 Å². The van der Waals surface area contributed by atoms with E-state index in [9.17, 15) is 13.2 Å². The minimum atomic E-state index is -3.83. The van der Waals surface area contributed by atoms with Gasteiger partial charge in [0.25, 0.3) is 15.9 Å². The number of likely N-dealkylation sites (tertiary alicyclic amines) is 1. The monoisotopic (exact) mass is 493 g/mol. The number of nitrogens with one attached hydrogen (secondary N) is 2. The van der Waals surface area contributed by atoms with Crippen LogP contribution in [0, 0.1) is 6.92 Å². The predicted molar refractivity (Wildman–Crippen MR) is 123 cm³/mol. The van der Waals surface area contributed by atoms with Gasteiger partial charge in [0.05, 0.1) is 10.6 Å². The topological polar surface area (TPSA) is 78.5 Å². The van der Waals surface area contributed by atoms with Gasteiger partial charge >= 0.3 is 0 Å². The third kappa shape index (κ3) is 5.62. The van der Waals surface area contributed by atoms with Crippen molar-refractivity contribution < 1.29 is 13.2 Å². The summed E-state index contributed by atoms with van der Waals surface area (Å²) >= 11 is 3.37. The maximum Gasteiger partial charge on any atom is 0.261 e. The van der Waals surface area contributed by atoms with Gasteiger partial charge in [-0.05, 0) is 85.4 Å². The van der Waals surface area contributed by atoms with Crippen LogP contribution in [0.1, 0.15) is 42.6 Å². The lowest BCUT2D eigenvalue weighted by molar-refractivity contribution is 0.0900. The molecule has 0 saturated carbocycles. The summed E-state index contributed by atoms with van der Waals surface area (Å²) < 4.78 is 29.0. The Balaban J connectivity index is 1.70. The van der Waals surface area contributed by atoms with Crippen molar-refractivity contribution in [1.29, 1.82) is 0 Å². The van der Waals surface area contributed by atoms with Crippen molar-refractivity contribution in [2.45, 2.75) is 50.6 Å². The van der Waals surface area contributed by atoms with E-state index in [0.717, 1.165) is 31.5 Å². The van der Waals surface area contributed by atoms with E-state index in [1.165, 1.54) is 12.1 Å². The molecule has 162 valence electrons. The Bertz CT molecular complexity index is 1020. The first kappa shape index (κ1) is 22.8. The van der Waals surface area contributed by atoms with Crippen LogP contribution in [-0.2, 0) is 10.0 Å². The lowest BCUT2D eigenvalue weighted by atomic mass is 10.0. The Morgan fingerprint density at radius 2 is 1.83 bits per heavy atom. The van der Waals surface area contributed by atoms with Gasteiger partial charge in [0.2, 0.25) is 0 Å². The van der Waals surface area contributed by atoms with E-state index in [2.05, 4.69) is 44.7 Å². The minimum Gasteiger partial charge on any atom is -0.349 e. The van der Waals surface area contributed by atoms with E-state index in [1.807, 2.05) is 13.0 Å². The van der Waals surface area contributed by atoms with Gasteiger partial charge in [0.15, 0.2) is 0 Å². The second-order valence-electron chi connectivity index (χ2n) is 7.99. The molecule has 0 aliphatic carbocycles. The number of hydrogen-bond donors (Lipinski definition) is 2. The van der Waals surface area contributed by atoms with E-state index in [-0.39, 0.29) is 16.8 Å². The molecular formula is C22H28BrN3O3S. The van der Waals surface area contributed by atoms with Crippen molar-refractivity contribution >= 4 is 37.5 Å². The molecule has 8 heteroatoms. The van der Waals surface area contributed by atoms with Crippen LogP contribution in [0.3, 0.4) is 0 Å². The van der Waals surface area contributed by atoms with E-state index in [0.29, 0.717) is 21.8 Å². The molecule has 3 rings (SSSR count). The van der Waals surface area contributed by atoms with Crippen LogP contribution in [-0.4, -0.2) is 44.4 Å². The zero-order valence-electron chi connectivity index (χ0n) is 17.5. The Labute approximate surface area is 187 Å². The number of sulfonamides is 1. The fourth-order valence-corrected chi connectivity index (χ4v) is 5.15. The maximum atomic E-state index is 12.9. The third-order valence-electron chi connectivity index (χ3n) is 5.37. The minimum absolute atomic E-state index is 0.0539. The fourth-order valence-electron chi connectivity index (χ4n) is 3.55. The van der Waals surface area contributed by atoms with Crippen LogP contribution >= 0.6 is 15.9 Å². The lowest BCUT2D eigenvalue weighted by Gasteiger charge is -2.34. The summed E-state index contributed by atoms with van der Waals surface area (Å²) in [7, 11) is -3.83. The molecule has 2 N–H and O–H groups in total. The summed E-state index contributed by atoms with van der Waals surface area (Å²) in [4.78, 5) is 15.2. The quantitative estimate of drug-likeness (QED) is 0.632. The maximum absolute atomic E-state index is 12.9. The molecular weight excluding hydrogens is 466 g/mol. The fraction of sp³-hybridized carbons (Fsp3) is 0.409. The smallest absolute Gasteiger partial charge is 0.261 e. The number of amides is 1. The second-order valence-corrected chi connectivity index (χ2v) is 10.5. The van der Waals surface area contributed by atoms with Crippen LogP contribution in [0.25, 0.3) is 0 Å². The first-order chi connectivity index (χ1) is 14.2. The summed E-state index contributed by atoms with van der Waals surface area (Å²) in [6.07, 6.45) is 1.79. The summed E-state index contributed by atoms with van der Waals surface area (Å²) in [5.41, 5.74) is 1.74. The Morgan fingerprint density at radius 1 is 1.13 bits per heavy atom. The van der Waals surface area contributed by atoms with Crippen LogP contribution < -0.4 is 10.0 Å². The number of hydrogen-bond acceptors (Lipinski definition) is 4. The van der Waals surface area contributed by atoms with Crippen molar-refractivity contribution in [3.8, 4) is 0 Å². The molecule has 2 aromatic rings. The highest BCUT2D eigenvalue weighted by Gasteiger charge is 2.23. The molecule has 2 aromatic carbocycles. The molecule has 0 radical (unpaired) electrons. The molecule has 6 nitrogen and oxygen atoms in total. The number of aryl methyl sites for hydroxylation is 1.